The van der Waals surface area contributed by atoms with Crippen LogP contribution in [0.25, 0.3) is 0 Å². The summed E-state index contributed by atoms with van der Waals surface area (Å²) in [7, 11) is -3.36. The average molecular weight is 322 g/mol. The van der Waals surface area contributed by atoms with E-state index in [1.54, 1.807) is 0 Å². The lowest BCUT2D eigenvalue weighted by Gasteiger charge is -2.16. The summed E-state index contributed by atoms with van der Waals surface area (Å²) < 4.78 is 22.3. The fraction of sp³-hybridized carbons (Fsp3) is 0.600. The summed E-state index contributed by atoms with van der Waals surface area (Å²) in [5, 5.41) is 9.79. The zero-order chi connectivity index (χ0) is 15.8. The zero-order valence-electron chi connectivity index (χ0n) is 11.0. The van der Waals surface area contributed by atoms with Crippen LogP contribution in [0.3, 0.4) is 0 Å². The summed E-state index contributed by atoms with van der Waals surface area (Å²) in [4.78, 5) is 40.5. The number of hydrogen-bond acceptors (Lipinski definition) is 6. The van der Waals surface area contributed by atoms with Gasteiger partial charge in [-0.3, -0.25) is 18.5 Å². The molecule has 1 aliphatic rings. The lowest BCUT2D eigenvalue weighted by Crippen LogP contribution is -2.38. The van der Waals surface area contributed by atoms with Crippen LogP contribution in [0.2, 0.25) is 0 Å². The molecule has 11 heteroatoms. The molecule has 0 bridgehead atoms. The van der Waals surface area contributed by atoms with Crippen molar-refractivity contribution in [3.63, 3.8) is 0 Å². The minimum absolute atomic E-state index is 0.0350. The van der Waals surface area contributed by atoms with Gasteiger partial charge in [-0.25, -0.2) is 9.36 Å². The van der Waals surface area contributed by atoms with Crippen molar-refractivity contribution in [3.05, 3.63) is 33.1 Å². The molecule has 0 radical (unpaired) electrons. The second kappa shape index (κ2) is 5.84. The molecule has 1 saturated heterocycles. The van der Waals surface area contributed by atoms with Gasteiger partial charge in [-0.1, -0.05) is 0 Å². The Kier molecular flexibility index (Phi) is 4.47. The monoisotopic (exact) mass is 322 g/mol. The van der Waals surface area contributed by atoms with Gasteiger partial charge >= 0.3 is 13.5 Å². The highest BCUT2D eigenvalue weighted by Gasteiger charge is 2.37. The zero-order valence-corrected chi connectivity index (χ0v) is 11.9. The first kappa shape index (κ1) is 16.1. The molecule has 0 aromatic carbocycles. The number of aromatic nitrogens is 2. The van der Waals surface area contributed by atoms with Crippen molar-refractivity contribution in [2.45, 2.75) is 24.9 Å². The fourth-order valence-electron chi connectivity index (χ4n) is 2.01. The third-order valence-corrected chi connectivity index (χ3v) is 3.62. The van der Waals surface area contributed by atoms with Crippen molar-refractivity contribution in [2.75, 3.05) is 6.61 Å². The van der Waals surface area contributed by atoms with Crippen LogP contribution in [0, 0.1) is 0 Å². The molecule has 0 unspecified atom stereocenters. The Morgan fingerprint density at radius 3 is 2.76 bits per heavy atom. The molecule has 1 fully saturated rings. The molecule has 1 aromatic heterocycles. The van der Waals surface area contributed by atoms with E-state index >= 15 is 0 Å². The normalized spacial score (nSPS) is 26.2. The summed E-state index contributed by atoms with van der Waals surface area (Å²) in [5.41, 5.74) is -1.09. The molecule has 0 amide bonds. The number of phosphoric ester groups is 1. The number of hydrogen-bond donors (Lipinski definition) is 3. The second-order valence-electron chi connectivity index (χ2n) is 4.62. The van der Waals surface area contributed by atoms with Gasteiger partial charge in [0.1, 0.15) is 12.3 Å². The molecule has 0 saturated carbocycles. The van der Waals surface area contributed by atoms with Gasteiger partial charge in [-0.2, -0.15) is 0 Å². The third kappa shape index (κ3) is 3.67. The van der Waals surface area contributed by atoms with Crippen molar-refractivity contribution in [1.29, 1.82) is 0 Å². The Hall–Kier alpha value is -1.29. The van der Waals surface area contributed by atoms with Crippen LogP contribution < -0.4 is 11.2 Å². The minimum Gasteiger partial charge on any atom is -0.390 e. The van der Waals surface area contributed by atoms with Crippen molar-refractivity contribution >= 4 is 7.82 Å². The fourth-order valence-corrected chi connectivity index (χ4v) is 2.35. The van der Waals surface area contributed by atoms with Gasteiger partial charge in [0.2, 0.25) is 0 Å². The van der Waals surface area contributed by atoms with Crippen LogP contribution in [-0.2, 0) is 20.9 Å². The number of ether oxygens (including phenoxy) is 1. The average Bonchev–Trinajstić information content (AvgIpc) is 2.74. The Balaban J connectivity index is 2.14. The highest BCUT2D eigenvalue weighted by atomic mass is 31.2. The highest BCUT2D eigenvalue weighted by molar-refractivity contribution is 7.46. The molecule has 10 nitrogen and oxygen atoms in total. The van der Waals surface area contributed by atoms with Crippen LogP contribution in [-0.4, -0.2) is 42.8 Å². The molecule has 1 aromatic rings. The number of aliphatic hydroxyl groups is 1. The van der Waals surface area contributed by atoms with E-state index in [1.165, 1.54) is 19.3 Å². The van der Waals surface area contributed by atoms with Gasteiger partial charge in [-0.15, -0.1) is 0 Å². The van der Waals surface area contributed by atoms with Gasteiger partial charge in [0, 0.05) is 25.7 Å². The van der Waals surface area contributed by atoms with E-state index in [9.17, 15) is 19.3 Å². The Morgan fingerprint density at radius 2 is 2.14 bits per heavy atom. The Morgan fingerprint density at radius 1 is 1.48 bits per heavy atom. The largest absolute Gasteiger partial charge is 0.469 e. The molecule has 2 rings (SSSR count). The van der Waals surface area contributed by atoms with Gasteiger partial charge in [0.15, 0.2) is 0 Å². The van der Waals surface area contributed by atoms with Gasteiger partial charge in [0.05, 0.1) is 12.7 Å². The summed E-state index contributed by atoms with van der Waals surface area (Å²) in [6.45, 7) is -0.511. The van der Waals surface area contributed by atoms with E-state index in [0.717, 1.165) is 9.13 Å². The summed E-state index contributed by atoms with van der Waals surface area (Å²) in [5.74, 6) is 0. The predicted molar refractivity (Wildman–Crippen MR) is 68.5 cm³/mol. The maximum absolute atomic E-state index is 11.9. The number of rotatable bonds is 4. The Bertz CT molecular complexity index is 676. The first-order valence-corrected chi connectivity index (χ1v) is 7.54. The SMILES string of the molecule is Cn1c(=O)ccn([C@H]2C[C@H](O)[C@@H](COP(=O)(O)O)O2)c1=O. The quantitative estimate of drug-likeness (QED) is 0.557. The number of nitrogens with zero attached hydrogens (tertiary/aromatic N) is 2. The van der Waals surface area contributed by atoms with E-state index in [4.69, 9.17) is 14.5 Å². The van der Waals surface area contributed by atoms with Crippen LogP contribution >= 0.6 is 7.82 Å². The molecule has 0 spiro atoms. The molecular formula is C10H15N2O8P. The third-order valence-electron chi connectivity index (χ3n) is 3.14. The number of aliphatic hydroxyl groups excluding tert-OH is 1. The van der Waals surface area contributed by atoms with E-state index in [1.807, 2.05) is 0 Å². The van der Waals surface area contributed by atoms with Gasteiger partial charge in [-0.05, 0) is 0 Å². The van der Waals surface area contributed by atoms with Crippen molar-refractivity contribution in [3.8, 4) is 0 Å². The first-order valence-electron chi connectivity index (χ1n) is 6.01. The van der Waals surface area contributed by atoms with Crippen molar-refractivity contribution in [2.24, 2.45) is 7.05 Å². The van der Waals surface area contributed by atoms with E-state index in [0.29, 0.717) is 0 Å². The van der Waals surface area contributed by atoms with Crippen molar-refractivity contribution in [1.82, 2.24) is 9.13 Å². The van der Waals surface area contributed by atoms with Crippen molar-refractivity contribution < 1.29 is 28.7 Å². The lowest BCUT2D eigenvalue weighted by molar-refractivity contribution is -0.0454. The maximum atomic E-state index is 11.9. The summed E-state index contributed by atoms with van der Waals surface area (Å²) >= 11 is 0. The van der Waals surface area contributed by atoms with E-state index < -0.39 is 44.1 Å². The second-order valence-corrected chi connectivity index (χ2v) is 5.86. The molecule has 0 aliphatic carbocycles. The van der Waals surface area contributed by atoms with Crippen LogP contribution in [0.5, 0.6) is 0 Å². The minimum atomic E-state index is -4.67. The van der Waals surface area contributed by atoms with E-state index in [2.05, 4.69) is 4.52 Å². The lowest BCUT2D eigenvalue weighted by atomic mass is 10.2. The van der Waals surface area contributed by atoms with Gasteiger partial charge < -0.3 is 19.6 Å². The first-order chi connectivity index (χ1) is 9.69. The molecule has 3 atom stereocenters. The maximum Gasteiger partial charge on any atom is 0.469 e. The predicted octanol–water partition coefficient (Wildman–Crippen LogP) is -1.70. The Labute approximate surface area is 118 Å². The smallest absolute Gasteiger partial charge is 0.390 e. The van der Waals surface area contributed by atoms with Crippen LogP contribution in [0.1, 0.15) is 12.6 Å². The number of phosphoric acid groups is 1. The van der Waals surface area contributed by atoms with Gasteiger partial charge in [0.25, 0.3) is 5.56 Å². The standard InChI is InChI=1S/C10H15N2O8P/c1-11-8(14)2-3-12(10(11)15)9-4-6(13)7(20-9)5-19-21(16,17)18/h2-3,6-7,9,13H,4-5H2,1H3,(H2,16,17,18)/t6-,7+,9+/m0/s1. The summed E-state index contributed by atoms with van der Waals surface area (Å²) in [6, 6.07) is 1.18. The molecule has 1 aliphatic heterocycles. The van der Waals surface area contributed by atoms with Crippen LogP contribution in [0.15, 0.2) is 21.9 Å². The highest BCUT2D eigenvalue weighted by Crippen LogP contribution is 2.38. The molecular weight excluding hydrogens is 307 g/mol. The van der Waals surface area contributed by atoms with E-state index in [-0.39, 0.29) is 6.42 Å². The molecule has 3 N–H and O–H groups in total. The molecule has 118 valence electrons. The topological polar surface area (TPSA) is 140 Å². The van der Waals surface area contributed by atoms with Crippen LogP contribution in [0.4, 0.5) is 0 Å². The molecule has 2 heterocycles. The summed E-state index contributed by atoms with van der Waals surface area (Å²) in [6.07, 6.45) is -1.59. The molecule has 21 heavy (non-hydrogen) atoms.